The van der Waals surface area contributed by atoms with Gasteiger partial charge in [0.1, 0.15) is 0 Å². The van der Waals surface area contributed by atoms with E-state index in [1.54, 1.807) is 0 Å². The lowest BCUT2D eigenvalue weighted by atomic mass is 9.85. The molecule has 3 aliphatic rings. The number of hydrogen-bond acceptors (Lipinski definition) is 2. The largest absolute Gasteiger partial charge is 0.390 e. The average Bonchev–Trinajstić information content (AvgIpc) is 2.69. The molecule has 2 nitrogen and oxygen atoms in total. The Morgan fingerprint density at radius 2 is 1.67 bits per heavy atom. The van der Waals surface area contributed by atoms with E-state index in [2.05, 4.69) is 0 Å². The van der Waals surface area contributed by atoms with E-state index in [0.29, 0.717) is 17.9 Å². The van der Waals surface area contributed by atoms with Crippen molar-refractivity contribution in [2.45, 2.75) is 50.4 Å². The second-order valence-electron chi connectivity index (χ2n) is 4.54. The summed E-state index contributed by atoms with van der Waals surface area (Å²) in [6.45, 7) is 0. The SMILES string of the molecule is OC1C2CCC(O2)C2CCCC12. The summed E-state index contributed by atoms with van der Waals surface area (Å²) < 4.78 is 5.77. The summed E-state index contributed by atoms with van der Waals surface area (Å²) in [6, 6.07) is 0. The number of rotatable bonds is 0. The van der Waals surface area contributed by atoms with Crippen molar-refractivity contribution in [3.05, 3.63) is 0 Å². The number of hydrogen-bond donors (Lipinski definition) is 1. The van der Waals surface area contributed by atoms with Crippen molar-refractivity contribution in [2.24, 2.45) is 11.8 Å². The first kappa shape index (κ1) is 7.34. The third-order valence-electron chi connectivity index (χ3n) is 4.01. The first-order valence-corrected chi connectivity index (χ1v) is 5.20. The normalized spacial score (nSPS) is 57.2. The maximum atomic E-state index is 9.94. The van der Waals surface area contributed by atoms with Crippen LogP contribution < -0.4 is 0 Å². The molecular weight excluding hydrogens is 152 g/mol. The molecule has 0 radical (unpaired) electrons. The molecule has 2 heterocycles. The van der Waals surface area contributed by atoms with Crippen LogP contribution in [0.1, 0.15) is 32.1 Å². The lowest BCUT2D eigenvalue weighted by Gasteiger charge is -2.36. The van der Waals surface area contributed by atoms with Crippen molar-refractivity contribution < 1.29 is 9.84 Å². The minimum Gasteiger partial charge on any atom is -0.390 e. The second-order valence-corrected chi connectivity index (χ2v) is 4.54. The van der Waals surface area contributed by atoms with Crippen molar-refractivity contribution >= 4 is 0 Å². The highest BCUT2D eigenvalue weighted by Gasteiger charge is 2.50. The van der Waals surface area contributed by atoms with Gasteiger partial charge in [0.2, 0.25) is 0 Å². The van der Waals surface area contributed by atoms with Gasteiger partial charge < -0.3 is 9.84 Å². The van der Waals surface area contributed by atoms with E-state index < -0.39 is 0 Å². The Labute approximate surface area is 72.9 Å². The van der Waals surface area contributed by atoms with Gasteiger partial charge in [-0.15, -0.1) is 0 Å². The second kappa shape index (κ2) is 2.46. The Morgan fingerprint density at radius 1 is 0.917 bits per heavy atom. The molecule has 12 heavy (non-hydrogen) atoms. The van der Waals surface area contributed by atoms with E-state index in [4.69, 9.17) is 4.74 Å². The van der Waals surface area contributed by atoms with Crippen LogP contribution in [-0.2, 0) is 4.74 Å². The van der Waals surface area contributed by atoms with E-state index in [0.717, 1.165) is 6.42 Å². The Kier molecular flexibility index (Phi) is 1.50. The summed E-state index contributed by atoms with van der Waals surface area (Å²) >= 11 is 0. The van der Waals surface area contributed by atoms with Crippen LogP contribution in [0.3, 0.4) is 0 Å². The minimum absolute atomic E-state index is 0.142. The van der Waals surface area contributed by atoms with Gasteiger partial charge in [-0.25, -0.2) is 0 Å². The van der Waals surface area contributed by atoms with Crippen LogP contribution in [0, 0.1) is 11.8 Å². The van der Waals surface area contributed by atoms with Crippen LogP contribution in [-0.4, -0.2) is 23.4 Å². The summed E-state index contributed by atoms with van der Waals surface area (Å²) in [5.41, 5.74) is 0. The number of aliphatic hydroxyl groups excluding tert-OH is 1. The highest BCUT2D eigenvalue weighted by molar-refractivity contribution is 4.99. The molecular formula is C10H16O2. The zero-order chi connectivity index (χ0) is 8.13. The molecule has 2 heteroatoms. The van der Waals surface area contributed by atoms with Gasteiger partial charge >= 0.3 is 0 Å². The summed E-state index contributed by atoms with van der Waals surface area (Å²) in [7, 11) is 0. The highest BCUT2D eigenvalue weighted by atomic mass is 16.5. The lowest BCUT2D eigenvalue weighted by molar-refractivity contribution is -0.130. The van der Waals surface area contributed by atoms with Crippen molar-refractivity contribution in [3.8, 4) is 0 Å². The first-order chi connectivity index (χ1) is 5.86. The molecule has 2 bridgehead atoms. The van der Waals surface area contributed by atoms with Gasteiger partial charge in [-0.1, -0.05) is 6.42 Å². The maximum absolute atomic E-state index is 9.94. The van der Waals surface area contributed by atoms with Crippen molar-refractivity contribution in [1.82, 2.24) is 0 Å². The fraction of sp³-hybridized carbons (Fsp3) is 1.00. The van der Waals surface area contributed by atoms with Crippen LogP contribution in [0.4, 0.5) is 0 Å². The zero-order valence-electron chi connectivity index (χ0n) is 7.28. The van der Waals surface area contributed by atoms with Crippen LogP contribution in [0.15, 0.2) is 0 Å². The topological polar surface area (TPSA) is 29.5 Å². The molecule has 5 unspecified atom stereocenters. The molecule has 68 valence electrons. The van der Waals surface area contributed by atoms with Crippen molar-refractivity contribution in [3.63, 3.8) is 0 Å². The van der Waals surface area contributed by atoms with Crippen LogP contribution in [0.2, 0.25) is 0 Å². The standard InChI is InChI=1S/C10H16O2/c11-10-7-3-1-2-6(7)8-4-5-9(10)12-8/h6-11H,1-5H2. The first-order valence-electron chi connectivity index (χ1n) is 5.20. The molecule has 0 aromatic rings. The molecule has 1 N–H and O–H groups in total. The number of ether oxygens (including phenoxy) is 1. The third-order valence-corrected chi connectivity index (χ3v) is 4.01. The molecule has 0 aromatic heterocycles. The van der Waals surface area contributed by atoms with E-state index in [-0.39, 0.29) is 12.2 Å². The molecule has 2 saturated heterocycles. The van der Waals surface area contributed by atoms with Gasteiger partial charge in [0.15, 0.2) is 0 Å². The van der Waals surface area contributed by atoms with Gasteiger partial charge in [-0.05, 0) is 37.5 Å². The monoisotopic (exact) mass is 168 g/mol. The smallest absolute Gasteiger partial charge is 0.0841 e. The molecule has 0 amide bonds. The van der Waals surface area contributed by atoms with Gasteiger partial charge in [0.05, 0.1) is 18.3 Å². The van der Waals surface area contributed by atoms with Crippen LogP contribution in [0.5, 0.6) is 0 Å². The van der Waals surface area contributed by atoms with E-state index >= 15 is 0 Å². The van der Waals surface area contributed by atoms with Crippen LogP contribution in [0.25, 0.3) is 0 Å². The highest BCUT2D eigenvalue weighted by Crippen LogP contribution is 2.48. The maximum Gasteiger partial charge on any atom is 0.0841 e. The lowest BCUT2D eigenvalue weighted by Crippen LogP contribution is -2.43. The molecule has 2 aliphatic heterocycles. The van der Waals surface area contributed by atoms with Crippen LogP contribution >= 0.6 is 0 Å². The number of aliphatic hydroxyl groups is 1. The van der Waals surface area contributed by atoms with Crippen molar-refractivity contribution in [2.75, 3.05) is 0 Å². The fourth-order valence-corrected chi connectivity index (χ4v) is 3.43. The summed E-state index contributed by atoms with van der Waals surface area (Å²) in [6.07, 6.45) is 6.68. The molecule has 3 fully saturated rings. The molecule has 1 aliphatic carbocycles. The summed E-state index contributed by atoms with van der Waals surface area (Å²) in [5.74, 6) is 1.27. The van der Waals surface area contributed by atoms with Gasteiger partial charge in [-0.3, -0.25) is 0 Å². The molecule has 0 aromatic carbocycles. The summed E-state index contributed by atoms with van der Waals surface area (Å²) in [5, 5.41) is 9.94. The predicted octanol–water partition coefficient (Wildman–Crippen LogP) is 1.32. The Morgan fingerprint density at radius 3 is 2.58 bits per heavy atom. The van der Waals surface area contributed by atoms with Crippen molar-refractivity contribution in [1.29, 1.82) is 0 Å². The van der Waals surface area contributed by atoms with E-state index in [1.165, 1.54) is 25.7 Å². The average molecular weight is 168 g/mol. The Bertz CT molecular complexity index is 188. The molecule has 1 saturated carbocycles. The third kappa shape index (κ3) is 0.826. The Balaban J connectivity index is 1.89. The van der Waals surface area contributed by atoms with Gasteiger partial charge in [0.25, 0.3) is 0 Å². The quantitative estimate of drug-likeness (QED) is 0.591. The minimum atomic E-state index is -0.142. The zero-order valence-corrected chi connectivity index (χ0v) is 7.28. The molecule has 0 spiro atoms. The predicted molar refractivity (Wildman–Crippen MR) is 44.7 cm³/mol. The van der Waals surface area contributed by atoms with E-state index in [9.17, 15) is 5.11 Å². The molecule has 5 atom stereocenters. The van der Waals surface area contributed by atoms with Gasteiger partial charge in [0, 0.05) is 0 Å². The Hall–Kier alpha value is -0.0800. The summed E-state index contributed by atoms with van der Waals surface area (Å²) in [4.78, 5) is 0. The van der Waals surface area contributed by atoms with Gasteiger partial charge in [-0.2, -0.15) is 0 Å². The van der Waals surface area contributed by atoms with E-state index in [1.807, 2.05) is 0 Å². The molecule has 3 rings (SSSR count). The number of fused-ring (bicyclic) bond motifs is 4. The fourth-order valence-electron chi connectivity index (χ4n) is 3.43.